The van der Waals surface area contributed by atoms with Gasteiger partial charge in [0.15, 0.2) is 0 Å². The SMILES string of the molecule is CNCCc1nccc(N(C)C2CCC2)n1. The normalized spacial score (nSPS) is 15.9. The van der Waals surface area contributed by atoms with Gasteiger partial charge in [-0.05, 0) is 32.4 Å². The van der Waals surface area contributed by atoms with Gasteiger partial charge < -0.3 is 10.2 Å². The van der Waals surface area contributed by atoms with Crippen molar-refractivity contribution in [2.45, 2.75) is 31.7 Å². The predicted molar refractivity (Wildman–Crippen MR) is 65.7 cm³/mol. The zero-order valence-corrected chi connectivity index (χ0v) is 10.1. The summed E-state index contributed by atoms with van der Waals surface area (Å²) in [6, 6.07) is 2.69. The topological polar surface area (TPSA) is 41.1 Å². The standard InChI is InChI=1S/C12H20N4/c1-13-8-6-11-14-9-7-12(15-11)16(2)10-4-3-5-10/h7,9-10,13H,3-6,8H2,1-2H3. The fourth-order valence-electron chi connectivity index (χ4n) is 1.90. The van der Waals surface area contributed by atoms with Crippen LogP contribution in [-0.4, -0.2) is 36.6 Å². The summed E-state index contributed by atoms with van der Waals surface area (Å²) in [4.78, 5) is 11.2. The Bertz CT molecular complexity index is 336. The van der Waals surface area contributed by atoms with Crippen LogP contribution in [0.25, 0.3) is 0 Å². The molecule has 0 aliphatic heterocycles. The highest BCUT2D eigenvalue weighted by Gasteiger charge is 2.22. The van der Waals surface area contributed by atoms with Crippen molar-refractivity contribution in [3.05, 3.63) is 18.1 Å². The van der Waals surface area contributed by atoms with E-state index in [0.717, 1.165) is 24.6 Å². The molecule has 88 valence electrons. The van der Waals surface area contributed by atoms with Crippen LogP contribution in [0, 0.1) is 0 Å². The van der Waals surface area contributed by atoms with Crippen molar-refractivity contribution in [3.63, 3.8) is 0 Å². The zero-order valence-electron chi connectivity index (χ0n) is 10.1. The summed E-state index contributed by atoms with van der Waals surface area (Å²) in [5, 5.41) is 3.12. The number of hydrogen-bond donors (Lipinski definition) is 1. The van der Waals surface area contributed by atoms with Crippen molar-refractivity contribution in [3.8, 4) is 0 Å². The van der Waals surface area contributed by atoms with Crippen molar-refractivity contribution in [2.24, 2.45) is 0 Å². The van der Waals surface area contributed by atoms with Gasteiger partial charge in [0.2, 0.25) is 0 Å². The van der Waals surface area contributed by atoms with Crippen LogP contribution in [0.3, 0.4) is 0 Å². The van der Waals surface area contributed by atoms with Gasteiger partial charge in [0, 0.05) is 32.3 Å². The molecule has 0 bridgehead atoms. The van der Waals surface area contributed by atoms with Gasteiger partial charge in [-0.2, -0.15) is 0 Å². The summed E-state index contributed by atoms with van der Waals surface area (Å²) < 4.78 is 0. The number of likely N-dealkylation sites (N-methyl/N-ethyl adjacent to an activating group) is 1. The molecule has 4 nitrogen and oxygen atoms in total. The fraction of sp³-hybridized carbons (Fsp3) is 0.667. The molecule has 4 heteroatoms. The first-order chi connectivity index (χ1) is 7.81. The molecule has 0 spiro atoms. The van der Waals surface area contributed by atoms with Gasteiger partial charge in [0.25, 0.3) is 0 Å². The van der Waals surface area contributed by atoms with Crippen LogP contribution in [0.5, 0.6) is 0 Å². The first-order valence-corrected chi connectivity index (χ1v) is 6.00. The third kappa shape index (κ3) is 2.50. The summed E-state index contributed by atoms with van der Waals surface area (Å²) in [6.07, 6.45) is 6.71. The Labute approximate surface area is 97.1 Å². The van der Waals surface area contributed by atoms with Gasteiger partial charge in [0.05, 0.1) is 0 Å². The lowest BCUT2D eigenvalue weighted by Crippen LogP contribution is -2.37. The van der Waals surface area contributed by atoms with Crippen molar-refractivity contribution in [2.75, 3.05) is 25.5 Å². The van der Waals surface area contributed by atoms with E-state index in [-0.39, 0.29) is 0 Å². The van der Waals surface area contributed by atoms with Gasteiger partial charge >= 0.3 is 0 Å². The summed E-state index contributed by atoms with van der Waals surface area (Å²) in [5.74, 6) is 1.99. The smallest absolute Gasteiger partial charge is 0.132 e. The molecule has 0 unspecified atom stereocenters. The monoisotopic (exact) mass is 220 g/mol. The van der Waals surface area contributed by atoms with Crippen LogP contribution in [-0.2, 0) is 6.42 Å². The van der Waals surface area contributed by atoms with E-state index in [1.54, 1.807) is 0 Å². The molecule has 0 atom stereocenters. The van der Waals surface area contributed by atoms with E-state index in [1.165, 1.54) is 19.3 Å². The molecule has 1 aromatic rings. The molecular weight excluding hydrogens is 200 g/mol. The Morgan fingerprint density at radius 2 is 2.31 bits per heavy atom. The third-order valence-corrected chi connectivity index (χ3v) is 3.27. The predicted octanol–water partition coefficient (Wildman–Crippen LogP) is 1.23. The maximum atomic E-state index is 4.59. The average molecular weight is 220 g/mol. The van der Waals surface area contributed by atoms with Gasteiger partial charge in [0.1, 0.15) is 11.6 Å². The highest BCUT2D eigenvalue weighted by molar-refractivity contribution is 5.38. The zero-order chi connectivity index (χ0) is 11.4. The molecule has 0 amide bonds. The number of hydrogen-bond acceptors (Lipinski definition) is 4. The van der Waals surface area contributed by atoms with Crippen molar-refractivity contribution in [1.82, 2.24) is 15.3 Å². The van der Waals surface area contributed by atoms with Crippen LogP contribution in [0.4, 0.5) is 5.82 Å². The molecule has 0 aromatic carbocycles. The van der Waals surface area contributed by atoms with Gasteiger partial charge in [-0.1, -0.05) is 0 Å². The summed E-state index contributed by atoms with van der Waals surface area (Å²) >= 11 is 0. The number of aromatic nitrogens is 2. The van der Waals surface area contributed by atoms with Crippen molar-refractivity contribution in [1.29, 1.82) is 0 Å². The molecule has 1 heterocycles. The third-order valence-electron chi connectivity index (χ3n) is 3.27. The number of anilines is 1. The van der Waals surface area contributed by atoms with Gasteiger partial charge in [-0.15, -0.1) is 0 Å². The van der Waals surface area contributed by atoms with E-state index in [4.69, 9.17) is 0 Å². The van der Waals surface area contributed by atoms with E-state index < -0.39 is 0 Å². The van der Waals surface area contributed by atoms with Crippen LogP contribution in [0.2, 0.25) is 0 Å². The second kappa shape index (κ2) is 5.25. The quantitative estimate of drug-likeness (QED) is 0.810. The van der Waals surface area contributed by atoms with Gasteiger partial charge in [-0.25, -0.2) is 9.97 Å². The van der Waals surface area contributed by atoms with E-state index in [0.29, 0.717) is 6.04 Å². The molecule has 1 aliphatic rings. The Morgan fingerprint density at radius 1 is 1.50 bits per heavy atom. The minimum atomic E-state index is 0.687. The second-order valence-electron chi connectivity index (χ2n) is 4.38. The summed E-state index contributed by atoms with van der Waals surface area (Å²) in [5.41, 5.74) is 0. The number of nitrogens with zero attached hydrogens (tertiary/aromatic N) is 3. The molecular formula is C12H20N4. The van der Waals surface area contributed by atoms with E-state index in [9.17, 15) is 0 Å². The van der Waals surface area contributed by atoms with Crippen LogP contribution >= 0.6 is 0 Å². The molecule has 2 rings (SSSR count). The Hall–Kier alpha value is -1.16. The number of nitrogens with one attached hydrogen (secondary N) is 1. The first kappa shape index (κ1) is 11.3. The van der Waals surface area contributed by atoms with Gasteiger partial charge in [-0.3, -0.25) is 0 Å². The highest BCUT2D eigenvalue weighted by Crippen LogP contribution is 2.26. The molecule has 0 radical (unpaired) electrons. The largest absolute Gasteiger partial charge is 0.357 e. The Kier molecular flexibility index (Phi) is 3.72. The molecule has 1 aromatic heterocycles. The fourth-order valence-corrected chi connectivity index (χ4v) is 1.90. The molecule has 1 aliphatic carbocycles. The minimum absolute atomic E-state index is 0.687. The summed E-state index contributed by atoms with van der Waals surface area (Å²) in [6.45, 7) is 0.927. The van der Waals surface area contributed by atoms with E-state index in [2.05, 4.69) is 27.2 Å². The second-order valence-corrected chi connectivity index (χ2v) is 4.38. The molecule has 1 N–H and O–H groups in total. The van der Waals surface area contributed by atoms with Crippen molar-refractivity contribution >= 4 is 5.82 Å². The summed E-state index contributed by atoms with van der Waals surface area (Å²) in [7, 11) is 4.08. The van der Waals surface area contributed by atoms with E-state index in [1.807, 2.05) is 19.3 Å². The van der Waals surface area contributed by atoms with Crippen LogP contribution in [0.15, 0.2) is 12.3 Å². The number of rotatable bonds is 5. The first-order valence-electron chi connectivity index (χ1n) is 6.00. The highest BCUT2D eigenvalue weighted by atomic mass is 15.2. The van der Waals surface area contributed by atoms with Crippen LogP contribution in [0.1, 0.15) is 25.1 Å². The maximum Gasteiger partial charge on any atom is 0.132 e. The average Bonchev–Trinajstić information content (AvgIpc) is 2.24. The minimum Gasteiger partial charge on any atom is -0.357 e. The van der Waals surface area contributed by atoms with Crippen LogP contribution < -0.4 is 10.2 Å². The maximum absolute atomic E-state index is 4.59. The lowest BCUT2D eigenvalue weighted by atomic mass is 9.92. The van der Waals surface area contributed by atoms with Crippen molar-refractivity contribution < 1.29 is 0 Å². The van der Waals surface area contributed by atoms with E-state index >= 15 is 0 Å². The molecule has 16 heavy (non-hydrogen) atoms. The lowest BCUT2D eigenvalue weighted by Gasteiger charge is -2.35. The molecule has 1 fully saturated rings. The lowest BCUT2D eigenvalue weighted by molar-refractivity contribution is 0.399. The Balaban J connectivity index is 2.02. The Morgan fingerprint density at radius 3 is 2.94 bits per heavy atom. The molecule has 0 saturated heterocycles. The molecule has 1 saturated carbocycles.